The predicted octanol–water partition coefficient (Wildman–Crippen LogP) is 3.54. The van der Waals surface area contributed by atoms with E-state index in [9.17, 15) is 13.2 Å². The zero-order valence-electron chi connectivity index (χ0n) is 13.3. The summed E-state index contributed by atoms with van der Waals surface area (Å²) in [5.41, 5.74) is 1.33. The van der Waals surface area contributed by atoms with Crippen molar-refractivity contribution >= 4 is 43.6 Å². The van der Waals surface area contributed by atoms with Gasteiger partial charge < -0.3 is 5.32 Å². The van der Waals surface area contributed by atoms with Crippen molar-refractivity contribution < 1.29 is 13.2 Å². The second-order valence-corrected chi connectivity index (χ2v) is 8.43. The Kier molecular flexibility index (Phi) is 5.36. The third kappa shape index (κ3) is 5.26. The normalized spacial score (nSPS) is 14.6. The number of halogens is 1. The minimum atomic E-state index is -3.54. The van der Waals surface area contributed by atoms with Gasteiger partial charge in [0.1, 0.15) is 0 Å². The van der Waals surface area contributed by atoms with E-state index in [0.717, 1.165) is 22.9 Å². The molecule has 3 rings (SSSR count). The SMILES string of the molecule is O=C(/C=C/c1ccc(Br)cc1)Nc1cccc(S(=O)(=O)NC2CC2)c1. The Morgan fingerprint density at radius 2 is 1.84 bits per heavy atom. The number of hydrogen-bond acceptors (Lipinski definition) is 3. The maximum absolute atomic E-state index is 12.2. The number of sulfonamides is 1. The van der Waals surface area contributed by atoms with Crippen molar-refractivity contribution in [3.63, 3.8) is 0 Å². The molecule has 130 valence electrons. The van der Waals surface area contributed by atoms with E-state index < -0.39 is 10.0 Å². The van der Waals surface area contributed by atoms with E-state index in [4.69, 9.17) is 0 Å². The van der Waals surface area contributed by atoms with Crippen LogP contribution >= 0.6 is 15.9 Å². The summed E-state index contributed by atoms with van der Waals surface area (Å²) in [4.78, 5) is 12.2. The summed E-state index contributed by atoms with van der Waals surface area (Å²) in [6, 6.07) is 13.8. The molecule has 2 aromatic rings. The Balaban J connectivity index is 1.67. The zero-order chi connectivity index (χ0) is 17.9. The average molecular weight is 421 g/mol. The van der Waals surface area contributed by atoms with Gasteiger partial charge >= 0.3 is 0 Å². The van der Waals surface area contributed by atoms with Crippen LogP contribution in [0.25, 0.3) is 6.08 Å². The molecule has 1 aliphatic rings. The monoisotopic (exact) mass is 420 g/mol. The average Bonchev–Trinajstić information content (AvgIpc) is 3.38. The minimum Gasteiger partial charge on any atom is -0.322 e. The standard InChI is InChI=1S/C18H17BrN2O3S/c19-14-7-4-13(5-8-14)6-11-18(22)20-16-2-1-3-17(12-16)25(23,24)21-15-9-10-15/h1-8,11-12,15,21H,9-10H2,(H,20,22)/b11-6+. The lowest BCUT2D eigenvalue weighted by atomic mass is 10.2. The Morgan fingerprint density at radius 3 is 2.52 bits per heavy atom. The molecular weight excluding hydrogens is 404 g/mol. The molecule has 7 heteroatoms. The van der Waals surface area contributed by atoms with Gasteiger partial charge in [0.15, 0.2) is 0 Å². The van der Waals surface area contributed by atoms with Crippen LogP contribution in [0.15, 0.2) is 64.0 Å². The number of benzene rings is 2. The molecule has 0 spiro atoms. The highest BCUT2D eigenvalue weighted by Crippen LogP contribution is 2.23. The quantitative estimate of drug-likeness (QED) is 0.701. The highest BCUT2D eigenvalue weighted by atomic mass is 79.9. The minimum absolute atomic E-state index is 0.0390. The van der Waals surface area contributed by atoms with Crippen LogP contribution in [-0.2, 0) is 14.8 Å². The number of amides is 1. The molecule has 0 bridgehead atoms. The van der Waals surface area contributed by atoms with Gasteiger partial charge in [-0.25, -0.2) is 13.1 Å². The molecule has 5 nitrogen and oxygen atoms in total. The Hall–Kier alpha value is -1.96. The van der Waals surface area contributed by atoms with E-state index in [2.05, 4.69) is 26.0 Å². The van der Waals surface area contributed by atoms with Crippen LogP contribution in [0.2, 0.25) is 0 Å². The fourth-order valence-electron chi connectivity index (χ4n) is 2.16. The Bertz CT molecular complexity index is 904. The van der Waals surface area contributed by atoms with Gasteiger partial charge in [-0.3, -0.25) is 4.79 Å². The predicted molar refractivity (Wildman–Crippen MR) is 102 cm³/mol. The maximum Gasteiger partial charge on any atom is 0.248 e. The number of rotatable bonds is 6. The van der Waals surface area contributed by atoms with Gasteiger partial charge in [-0.15, -0.1) is 0 Å². The fraction of sp³-hybridized carbons (Fsp3) is 0.167. The number of hydrogen-bond donors (Lipinski definition) is 2. The number of carbonyl (C=O) groups is 1. The van der Waals surface area contributed by atoms with Gasteiger partial charge in [0.05, 0.1) is 4.90 Å². The van der Waals surface area contributed by atoms with Crippen LogP contribution in [0.3, 0.4) is 0 Å². The molecule has 1 fully saturated rings. The Morgan fingerprint density at radius 1 is 1.12 bits per heavy atom. The highest BCUT2D eigenvalue weighted by Gasteiger charge is 2.28. The van der Waals surface area contributed by atoms with Crippen LogP contribution in [0.1, 0.15) is 18.4 Å². The summed E-state index contributed by atoms with van der Waals surface area (Å²) < 4.78 is 28.0. The van der Waals surface area contributed by atoms with Crippen molar-refractivity contribution in [3.05, 3.63) is 64.6 Å². The van der Waals surface area contributed by atoms with Crippen LogP contribution in [-0.4, -0.2) is 20.4 Å². The van der Waals surface area contributed by atoms with Crippen molar-refractivity contribution in [1.82, 2.24) is 4.72 Å². The second kappa shape index (κ2) is 7.51. The third-order valence-corrected chi connectivity index (χ3v) is 5.66. The van der Waals surface area contributed by atoms with E-state index in [-0.39, 0.29) is 16.8 Å². The van der Waals surface area contributed by atoms with Crippen molar-refractivity contribution in [1.29, 1.82) is 0 Å². The van der Waals surface area contributed by atoms with Gasteiger partial charge in [-0.2, -0.15) is 0 Å². The van der Waals surface area contributed by atoms with Gasteiger partial charge in [0.2, 0.25) is 15.9 Å². The van der Waals surface area contributed by atoms with Crippen LogP contribution in [0.4, 0.5) is 5.69 Å². The number of nitrogens with one attached hydrogen (secondary N) is 2. The second-order valence-electron chi connectivity index (χ2n) is 5.80. The van der Waals surface area contributed by atoms with Crippen molar-refractivity contribution in [2.75, 3.05) is 5.32 Å². The van der Waals surface area contributed by atoms with Gasteiger partial charge in [0.25, 0.3) is 0 Å². The van der Waals surface area contributed by atoms with Gasteiger partial charge in [-0.05, 0) is 54.8 Å². The summed E-state index contributed by atoms with van der Waals surface area (Å²) in [7, 11) is -3.54. The lowest BCUT2D eigenvalue weighted by molar-refractivity contribution is -0.111. The molecule has 0 aliphatic heterocycles. The van der Waals surface area contributed by atoms with Crippen LogP contribution < -0.4 is 10.0 Å². The largest absolute Gasteiger partial charge is 0.322 e. The van der Waals surface area contributed by atoms with E-state index >= 15 is 0 Å². The third-order valence-electron chi connectivity index (χ3n) is 3.61. The zero-order valence-corrected chi connectivity index (χ0v) is 15.7. The highest BCUT2D eigenvalue weighted by molar-refractivity contribution is 9.10. The summed E-state index contributed by atoms with van der Waals surface area (Å²) in [5, 5.41) is 2.68. The maximum atomic E-state index is 12.2. The molecular formula is C18H17BrN2O3S. The summed E-state index contributed by atoms with van der Waals surface area (Å²) in [6.45, 7) is 0. The smallest absolute Gasteiger partial charge is 0.248 e. The first-order valence-electron chi connectivity index (χ1n) is 7.79. The van der Waals surface area contributed by atoms with E-state index in [1.54, 1.807) is 18.2 Å². The molecule has 2 aromatic carbocycles. The molecule has 0 saturated heterocycles. The molecule has 0 unspecified atom stereocenters. The van der Waals surface area contributed by atoms with Crippen molar-refractivity contribution in [3.8, 4) is 0 Å². The lowest BCUT2D eigenvalue weighted by Gasteiger charge is -2.08. The topological polar surface area (TPSA) is 75.3 Å². The summed E-state index contributed by atoms with van der Waals surface area (Å²) in [5.74, 6) is -0.326. The molecule has 1 amide bonds. The first-order valence-corrected chi connectivity index (χ1v) is 10.1. The molecule has 0 heterocycles. The molecule has 25 heavy (non-hydrogen) atoms. The van der Waals surface area contributed by atoms with Gasteiger partial charge in [-0.1, -0.05) is 34.1 Å². The summed E-state index contributed by atoms with van der Waals surface area (Å²) >= 11 is 3.35. The lowest BCUT2D eigenvalue weighted by Crippen LogP contribution is -2.25. The van der Waals surface area contributed by atoms with Crippen LogP contribution in [0, 0.1) is 0 Å². The Labute approximate surface area is 155 Å². The molecule has 0 atom stereocenters. The first-order chi connectivity index (χ1) is 11.9. The number of carbonyl (C=O) groups excluding carboxylic acids is 1. The number of anilines is 1. The van der Waals surface area contributed by atoms with Crippen LogP contribution in [0.5, 0.6) is 0 Å². The fourth-order valence-corrected chi connectivity index (χ4v) is 3.77. The van der Waals surface area contributed by atoms with Crippen molar-refractivity contribution in [2.24, 2.45) is 0 Å². The van der Waals surface area contributed by atoms with Crippen molar-refractivity contribution in [2.45, 2.75) is 23.8 Å². The first kappa shape index (κ1) is 17.8. The molecule has 2 N–H and O–H groups in total. The van der Waals surface area contributed by atoms with E-state index in [0.29, 0.717) is 5.69 Å². The molecule has 0 aromatic heterocycles. The summed E-state index contributed by atoms with van der Waals surface area (Å²) in [6.07, 6.45) is 4.84. The molecule has 1 saturated carbocycles. The molecule has 0 radical (unpaired) electrons. The van der Waals surface area contributed by atoms with E-state index in [1.165, 1.54) is 18.2 Å². The van der Waals surface area contributed by atoms with Gasteiger partial charge in [0, 0.05) is 22.3 Å². The van der Waals surface area contributed by atoms with E-state index in [1.807, 2.05) is 24.3 Å². The molecule has 1 aliphatic carbocycles.